The molecule has 0 bridgehead atoms. The van der Waals surface area contributed by atoms with Crippen LogP contribution in [0.1, 0.15) is 40.7 Å². The molecule has 1 amide bonds. The highest BCUT2D eigenvalue weighted by atomic mass is 19.4. The first-order valence-corrected chi connectivity index (χ1v) is 13.3. The van der Waals surface area contributed by atoms with Gasteiger partial charge in [0.05, 0.1) is 16.7 Å². The number of alkyl halides is 6. The number of pyridine rings is 2. The number of hydrogen-bond donors (Lipinski definition) is 3. The van der Waals surface area contributed by atoms with Crippen molar-refractivity contribution in [2.75, 3.05) is 5.32 Å². The molecule has 0 aliphatic carbocycles. The number of halogens is 7. The van der Waals surface area contributed by atoms with Gasteiger partial charge < -0.3 is 24.7 Å². The standard InChI is InChI=1S/C29H26F7N5O4/c1-4-22(29(34,35)36)38-15-5-7-17(20(30)12-15)25(42)39-21(27(44)45)13-16-6-8-18(24-37-9-10-41(16)24)23-19(28(31,32)33)11-14(2)40(3)26(23)43/h5-12,21-22,38H,4,13H2,1-3H3,(H,39,42)(H,44,45)/t21-,22+/m0/s1. The lowest BCUT2D eigenvalue weighted by atomic mass is 9.99. The average molecular weight is 642 g/mol. The second-order valence-corrected chi connectivity index (χ2v) is 10.2. The monoisotopic (exact) mass is 641 g/mol. The minimum Gasteiger partial charge on any atom is -0.480 e. The van der Waals surface area contributed by atoms with E-state index in [9.17, 15) is 50.2 Å². The van der Waals surface area contributed by atoms with Crippen LogP contribution >= 0.6 is 0 Å². The average Bonchev–Trinajstić information content (AvgIpc) is 3.44. The Bertz CT molecular complexity index is 1830. The van der Waals surface area contributed by atoms with Gasteiger partial charge in [-0.05, 0) is 49.7 Å². The van der Waals surface area contributed by atoms with Gasteiger partial charge in [-0.3, -0.25) is 9.59 Å². The molecular weight excluding hydrogens is 615 g/mol. The van der Waals surface area contributed by atoms with Crippen molar-refractivity contribution in [1.29, 1.82) is 0 Å². The Morgan fingerprint density at radius 3 is 2.33 bits per heavy atom. The van der Waals surface area contributed by atoms with E-state index in [1.165, 1.54) is 49.8 Å². The molecule has 0 aliphatic rings. The smallest absolute Gasteiger partial charge is 0.417 e. The van der Waals surface area contributed by atoms with Crippen LogP contribution in [0.3, 0.4) is 0 Å². The number of rotatable bonds is 9. The molecule has 4 rings (SSSR count). The molecule has 0 radical (unpaired) electrons. The van der Waals surface area contributed by atoms with Crippen LogP contribution < -0.4 is 16.2 Å². The molecule has 1 aromatic carbocycles. The number of imidazole rings is 1. The summed E-state index contributed by atoms with van der Waals surface area (Å²) in [5.41, 5.74) is -3.67. The van der Waals surface area contributed by atoms with Crippen molar-refractivity contribution in [3.63, 3.8) is 0 Å². The van der Waals surface area contributed by atoms with Crippen molar-refractivity contribution in [3.8, 4) is 11.1 Å². The number of aromatic nitrogens is 3. The van der Waals surface area contributed by atoms with Crippen LogP contribution in [0, 0.1) is 12.7 Å². The summed E-state index contributed by atoms with van der Waals surface area (Å²) in [7, 11) is 1.32. The van der Waals surface area contributed by atoms with E-state index in [0.717, 1.165) is 22.8 Å². The Labute approximate surface area is 250 Å². The molecular formula is C29H26F7N5O4. The first-order valence-electron chi connectivity index (χ1n) is 13.3. The Balaban J connectivity index is 1.64. The summed E-state index contributed by atoms with van der Waals surface area (Å²) in [6, 6.07) is 2.27. The summed E-state index contributed by atoms with van der Waals surface area (Å²) in [6.07, 6.45) is -7.72. The van der Waals surface area contributed by atoms with Crippen LogP contribution in [-0.4, -0.2) is 49.2 Å². The number of hydrogen-bond acceptors (Lipinski definition) is 5. The van der Waals surface area contributed by atoms with Crippen molar-refractivity contribution >= 4 is 23.2 Å². The highest BCUT2D eigenvalue weighted by Crippen LogP contribution is 2.37. The molecule has 45 heavy (non-hydrogen) atoms. The molecule has 0 aliphatic heterocycles. The van der Waals surface area contributed by atoms with Gasteiger partial charge in [0, 0.05) is 48.5 Å². The minimum absolute atomic E-state index is 0.0703. The number of benzene rings is 1. The number of nitrogens with one attached hydrogen (secondary N) is 2. The van der Waals surface area contributed by atoms with Crippen LogP contribution in [-0.2, 0) is 24.4 Å². The van der Waals surface area contributed by atoms with Crippen molar-refractivity contribution < 1.29 is 45.4 Å². The van der Waals surface area contributed by atoms with E-state index in [-0.39, 0.29) is 34.7 Å². The van der Waals surface area contributed by atoms with Crippen LogP contribution in [0.15, 0.2) is 53.6 Å². The summed E-state index contributed by atoms with van der Waals surface area (Å²) < 4.78 is 98.2. The minimum atomic E-state index is -4.88. The van der Waals surface area contributed by atoms with E-state index in [2.05, 4.69) is 15.6 Å². The normalized spacial score (nSPS) is 13.5. The van der Waals surface area contributed by atoms with E-state index in [0.29, 0.717) is 6.07 Å². The lowest BCUT2D eigenvalue weighted by Crippen LogP contribution is -2.43. The quantitative estimate of drug-likeness (QED) is 0.213. The lowest BCUT2D eigenvalue weighted by molar-refractivity contribution is -0.143. The number of anilines is 1. The lowest BCUT2D eigenvalue weighted by Gasteiger charge is -2.21. The summed E-state index contributed by atoms with van der Waals surface area (Å²) >= 11 is 0. The molecule has 4 aromatic rings. The maximum atomic E-state index is 14.8. The maximum Gasteiger partial charge on any atom is 0.417 e. The zero-order chi connectivity index (χ0) is 33.4. The Hall–Kier alpha value is -4.89. The number of amides is 1. The highest BCUT2D eigenvalue weighted by Gasteiger charge is 2.39. The third kappa shape index (κ3) is 6.78. The number of nitrogens with zero attached hydrogens (tertiary/aromatic N) is 3. The van der Waals surface area contributed by atoms with E-state index >= 15 is 0 Å². The second kappa shape index (κ2) is 12.2. The summed E-state index contributed by atoms with van der Waals surface area (Å²) in [5, 5.41) is 14.1. The topological polar surface area (TPSA) is 118 Å². The molecule has 9 nitrogen and oxygen atoms in total. The van der Waals surface area contributed by atoms with Crippen molar-refractivity contribution in [1.82, 2.24) is 19.3 Å². The first kappa shape index (κ1) is 33.0. The second-order valence-electron chi connectivity index (χ2n) is 10.2. The number of carboxylic acids is 1. The van der Waals surface area contributed by atoms with Crippen LogP contribution in [0.25, 0.3) is 16.8 Å². The van der Waals surface area contributed by atoms with Crippen molar-refractivity contribution in [2.45, 2.75) is 51.1 Å². The van der Waals surface area contributed by atoms with E-state index in [1.807, 2.05) is 0 Å². The number of fused-ring (bicyclic) bond motifs is 1. The molecule has 0 saturated heterocycles. The zero-order valence-corrected chi connectivity index (χ0v) is 23.8. The van der Waals surface area contributed by atoms with Gasteiger partial charge in [-0.25, -0.2) is 14.2 Å². The fourth-order valence-corrected chi connectivity index (χ4v) is 4.79. The van der Waals surface area contributed by atoms with Gasteiger partial charge in [0.2, 0.25) is 0 Å². The molecule has 2 atom stereocenters. The zero-order valence-electron chi connectivity index (χ0n) is 23.8. The van der Waals surface area contributed by atoms with Crippen molar-refractivity contribution in [2.24, 2.45) is 7.05 Å². The summed E-state index contributed by atoms with van der Waals surface area (Å²) in [4.78, 5) is 42.0. The molecule has 0 fully saturated rings. The fourth-order valence-electron chi connectivity index (χ4n) is 4.79. The number of carboxylic acid groups (broad SMARTS) is 1. The summed E-state index contributed by atoms with van der Waals surface area (Å²) in [5.74, 6) is -3.92. The Morgan fingerprint density at radius 1 is 1.07 bits per heavy atom. The number of carbonyl (C=O) groups excluding carboxylic acids is 1. The third-order valence-corrected chi connectivity index (χ3v) is 7.25. The SMILES string of the molecule is CC[C@@H](Nc1ccc(C(=O)N[C@@H](Cc2ccc(-c3c(C(F)(F)F)cc(C)n(C)c3=O)c3nccn23)C(=O)O)c(F)c1)C(F)(F)F. The van der Waals surface area contributed by atoms with Crippen LogP contribution in [0.2, 0.25) is 0 Å². The van der Waals surface area contributed by atoms with Gasteiger partial charge >= 0.3 is 18.3 Å². The molecule has 3 aromatic heterocycles. The molecule has 3 N–H and O–H groups in total. The highest BCUT2D eigenvalue weighted by molar-refractivity contribution is 5.97. The van der Waals surface area contributed by atoms with Gasteiger partial charge in [-0.1, -0.05) is 6.92 Å². The van der Waals surface area contributed by atoms with E-state index < -0.39 is 70.8 Å². The van der Waals surface area contributed by atoms with Gasteiger partial charge in [0.15, 0.2) is 0 Å². The largest absolute Gasteiger partial charge is 0.480 e. The molecule has 3 heterocycles. The van der Waals surface area contributed by atoms with Gasteiger partial charge in [-0.2, -0.15) is 26.3 Å². The summed E-state index contributed by atoms with van der Waals surface area (Å²) in [6.45, 7) is 2.63. The molecule has 0 unspecified atom stereocenters. The number of aryl methyl sites for hydroxylation is 1. The fraction of sp³-hybridized carbons (Fsp3) is 0.310. The van der Waals surface area contributed by atoms with Crippen LogP contribution in [0.5, 0.6) is 0 Å². The van der Waals surface area contributed by atoms with E-state index in [4.69, 9.17) is 0 Å². The number of aliphatic carboxylic acids is 1. The Morgan fingerprint density at radius 2 is 1.76 bits per heavy atom. The predicted molar refractivity (Wildman–Crippen MR) is 148 cm³/mol. The molecule has 16 heteroatoms. The van der Waals surface area contributed by atoms with Gasteiger partial charge in [0.25, 0.3) is 11.5 Å². The van der Waals surface area contributed by atoms with Crippen LogP contribution in [0.4, 0.5) is 36.4 Å². The molecule has 240 valence electrons. The molecule has 0 saturated carbocycles. The third-order valence-electron chi connectivity index (χ3n) is 7.25. The van der Waals surface area contributed by atoms with Gasteiger partial charge in [0.1, 0.15) is 23.5 Å². The van der Waals surface area contributed by atoms with E-state index in [1.54, 1.807) is 0 Å². The number of carbonyl (C=O) groups is 2. The first-order chi connectivity index (χ1) is 20.9. The molecule has 0 spiro atoms. The van der Waals surface area contributed by atoms with Crippen molar-refractivity contribution in [3.05, 3.63) is 87.5 Å². The van der Waals surface area contributed by atoms with Gasteiger partial charge in [-0.15, -0.1) is 0 Å². The Kier molecular flexibility index (Phi) is 8.98. The predicted octanol–water partition coefficient (Wildman–Crippen LogP) is 5.34. The maximum absolute atomic E-state index is 14.8.